The molecule has 2 amide bonds. The standard InChI is InChI=1S/C34H40N4O4/c1-6-24-13-19-27(20-14-24)38-31(36-29-12-10-9-11-28(29)32(38)39)30(7-2)37(22-21-23(4)5)34(41)35-26-17-15-25(16-18-26)33(40)42-8-3/h9-20,23,30H,6-8,21-22H2,1-5H3,(H,35,41). The molecule has 1 heterocycles. The minimum Gasteiger partial charge on any atom is -0.462 e. The van der Waals surface area contributed by atoms with E-state index in [1.165, 1.54) is 5.56 Å². The van der Waals surface area contributed by atoms with E-state index in [1.807, 2.05) is 49.4 Å². The minimum absolute atomic E-state index is 0.169. The number of esters is 1. The van der Waals surface area contributed by atoms with Crippen LogP contribution in [0.5, 0.6) is 0 Å². The van der Waals surface area contributed by atoms with Crippen molar-refractivity contribution in [2.45, 2.75) is 59.9 Å². The average Bonchev–Trinajstić information content (AvgIpc) is 2.99. The van der Waals surface area contributed by atoms with Gasteiger partial charge in [-0.3, -0.25) is 9.36 Å². The second kappa shape index (κ2) is 13.9. The van der Waals surface area contributed by atoms with Gasteiger partial charge in [0.25, 0.3) is 5.56 Å². The molecule has 0 saturated heterocycles. The number of carbonyl (C=O) groups excluding carboxylic acids is 2. The maximum absolute atomic E-state index is 14.0. The number of nitrogens with one attached hydrogen (secondary N) is 1. The number of para-hydroxylation sites is 1. The first kappa shape index (κ1) is 30.5. The summed E-state index contributed by atoms with van der Waals surface area (Å²) in [6, 6.07) is 21.1. The number of urea groups is 1. The largest absolute Gasteiger partial charge is 0.462 e. The first-order chi connectivity index (χ1) is 20.3. The molecule has 0 saturated carbocycles. The van der Waals surface area contributed by atoms with Crippen molar-refractivity contribution in [3.05, 3.63) is 100 Å². The predicted octanol–water partition coefficient (Wildman–Crippen LogP) is 7.16. The number of nitrogens with zero attached hydrogens (tertiary/aromatic N) is 3. The molecule has 0 aliphatic rings. The molecular formula is C34H40N4O4. The van der Waals surface area contributed by atoms with Crippen molar-refractivity contribution in [2.24, 2.45) is 5.92 Å². The van der Waals surface area contributed by atoms with Crippen LogP contribution >= 0.6 is 0 Å². The van der Waals surface area contributed by atoms with E-state index < -0.39 is 12.0 Å². The first-order valence-electron chi connectivity index (χ1n) is 14.7. The molecular weight excluding hydrogens is 528 g/mol. The predicted molar refractivity (Wildman–Crippen MR) is 167 cm³/mol. The van der Waals surface area contributed by atoms with Gasteiger partial charge in [0, 0.05) is 12.2 Å². The Morgan fingerprint density at radius 1 is 0.952 bits per heavy atom. The normalized spacial score (nSPS) is 11.9. The number of hydrogen-bond donors (Lipinski definition) is 1. The Hall–Kier alpha value is -4.46. The van der Waals surface area contributed by atoms with Crippen molar-refractivity contribution in [1.82, 2.24) is 14.5 Å². The topological polar surface area (TPSA) is 93.5 Å². The van der Waals surface area contributed by atoms with Crippen molar-refractivity contribution in [3.8, 4) is 5.69 Å². The summed E-state index contributed by atoms with van der Waals surface area (Å²) in [5.41, 5.74) is 3.27. The van der Waals surface area contributed by atoms with Gasteiger partial charge >= 0.3 is 12.0 Å². The molecule has 0 aliphatic heterocycles. The number of rotatable bonds is 11. The van der Waals surface area contributed by atoms with Crippen molar-refractivity contribution < 1.29 is 14.3 Å². The lowest BCUT2D eigenvalue weighted by Crippen LogP contribution is -2.41. The van der Waals surface area contributed by atoms with Crippen LogP contribution in [0.3, 0.4) is 0 Å². The van der Waals surface area contributed by atoms with E-state index in [0.717, 1.165) is 12.8 Å². The van der Waals surface area contributed by atoms with E-state index in [4.69, 9.17) is 9.72 Å². The van der Waals surface area contributed by atoms with Crippen LogP contribution in [-0.4, -0.2) is 39.6 Å². The fourth-order valence-electron chi connectivity index (χ4n) is 4.94. The number of amides is 2. The van der Waals surface area contributed by atoms with E-state index in [1.54, 1.807) is 46.7 Å². The Morgan fingerprint density at radius 3 is 2.26 bits per heavy atom. The summed E-state index contributed by atoms with van der Waals surface area (Å²) >= 11 is 0. The van der Waals surface area contributed by atoms with Crippen molar-refractivity contribution in [2.75, 3.05) is 18.5 Å². The van der Waals surface area contributed by atoms with E-state index in [-0.39, 0.29) is 18.2 Å². The Labute approximate surface area is 247 Å². The molecule has 1 N–H and O–H groups in total. The number of benzene rings is 3. The van der Waals surface area contributed by atoms with E-state index in [2.05, 4.69) is 26.1 Å². The summed E-state index contributed by atoms with van der Waals surface area (Å²) in [5.74, 6) is 0.462. The SMILES string of the molecule is CCOC(=O)c1ccc(NC(=O)N(CCC(C)C)C(CC)c2nc3ccccc3c(=O)n2-c2ccc(CC)cc2)cc1. The molecule has 8 nitrogen and oxygen atoms in total. The summed E-state index contributed by atoms with van der Waals surface area (Å²) in [4.78, 5) is 46.7. The zero-order chi connectivity index (χ0) is 30.2. The van der Waals surface area contributed by atoms with E-state index in [0.29, 0.717) is 52.5 Å². The minimum atomic E-state index is -0.481. The fourth-order valence-corrected chi connectivity index (χ4v) is 4.94. The molecule has 1 atom stereocenters. The molecule has 0 radical (unpaired) electrons. The van der Waals surface area contributed by atoms with Crippen molar-refractivity contribution >= 4 is 28.6 Å². The Balaban J connectivity index is 1.78. The molecule has 1 unspecified atom stereocenters. The highest BCUT2D eigenvalue weighted by atomic mass is 16.5. The smallest absolute Gasteiger partial charge is 0.338 e. The van der Waals surface area contributed by atoms with Crippen LogP contribution in [0.2, 0.25) is 0 Å². The van der Waals surface area contributed by atoms with Gasteiger partial charge in [-0.2, -0.15) is 0 Å². The highest BCUT2D eigenvalue weighted by Gasteiger charge is 2.29. The van der Waals surface area contributed by atoms with Gasteiger partial charge in [-0.05, 0) is 86.2 Å². The third-order valence-electron chi connectivity index (χ3n) is 7.32. The number of ether oxygens (including phenoxy) is 1. The zero-order valence-electron chi connectivity index (χ0n) is 25.1. The van der Waals surface area contributed by atoms with Gasteiger partial charge in [0.1, 0.15) is 5.82 Å². The molecule has 220 valence electrons. The lowest BCUT2D eigenvalue weighted by Gasteiger charge is -2.33. The van der Waals surface area contributed by atoms with Gasteiger partial charge in [-0.15, -0.1) is 0 Å². The van der Waals surface area contributed by atoms with Crippen molar-refractivity contribution in [3.63, 3.8) is 0 Å². The Bertz CT molecular complexity index is 1580. The van der Waals surface area contributed by atoms with Crippen LogP contribution in [0.4, 0.5) is 10.5 Å². The summed E-state index contributed by atoms with van der Waals surface area (Å²) in [7, 11) is 0. The third-order valence-corrected chi connectivity index (χ3v) is 7.32. The van der Waals surface area contributed by atoms with E-state index >= 15 is 0 Å². The summed E-state index contributed by atoms with van der Waals surface area (Å²) < 4.78 is 6.72. The van der Waals surface area contributed by atoms with Crippen LogP contribution in [0.25, 0.3) is 16.6 Å². The summed E-state index contributed by atoms with van der Waals surface area (Å²) in [6.07, 6.45) is 2.21. The maximum Gasteiger partial charge on any atom is 0.338 e. The molecule has 0 fully saturated rings. The molecule has 3 aromatic carbocycles. The summed E-state index contributed by atoms with van der Waals surface area (Å²) in [6.45, 7) is 10.8. The lowest BCUT2D eigenvalue weighted by molar-refractivity contribution is 0.0526. The van der Waals surface area contributed by atoms with Gasteiger partial charge in [0.05, 0.1) is 34.8 Å². The average molecular weight is 569 g/mol. The zero-order valence-corrected chi connectivity index (χ0v) is 25.1. The van der Waals surface area contributed by atoms with Gasteiger partial charge < -0.3 is 15.0 Å². The molecule has 0 aliphatic carbocycles. The number of anilines is 1. The molecule has 42 heavy (non-hydrogen) atoms. The van der Waals surface area contributed by atoms with E-state index in [9.17, 15) is 14.4 Å². The van der Waals surface area contributed by atoms with Crippen LogP contribution in [0.15, 0.2) is 77.6 Å². The second-order valence-electron chi connectivity index (χ2n) is 10.7. The van der Waals surface area contributed by atoms with Gasteiger partial charge in [-0.25, -0.2) is 14.6 Å². The highest BCUT2D eigenvalue weighted by Crippen LogP contribution is 2.28. The number of fused-ring (bicyclic) bond motifs is 1. The van der Waals surface area contributed by atoms with Crippen LogP contribution in [0.1, 0.15) is 75.2 Å². The maximum atomic E-state index is 14.0. The monoisotopic (exact) mass is 568 g/mol. The number of carbonyl (C=O) groups is 2. The molecule has 0 spiro atoms. The van der Waals surface area contributed by atoms with Crippen LogP contribution in [-0.2, 0) is 11.2 Å². The number of aryl methyl sites for hydroxylation is 1. The quantitative estimate of drug-likeness (QED) is 0.194. The third kappa shape index (κ3) is 6.87. The highest BCUT2D eigenvalue weighted by molar-refractivity contribution is 5.92. The molecule has 4 aromatic rings. The lowest BCUT2D eigenvalue weighted by atomic mass is 10.1. The summed E-state index contributed by atoms with van der Waals surface area (Å²) in [5, 5.41) is 3.52. The van der Waals surface area contributed by atoms with Crippen molar-refractivity contribution in [1.29, 1.82) is 0 Å². The molecule has 4 rings (SSSR count). The van der Waals surface area contributed by atoms with Crippen LogP contribution < -0.4 is 10.9 Å². The first-order valence-corrected chi connectivity index (χ1v) is 14.7. The number of hydrogen-bond acceptors (Lipinski definition) is 5. The second-order valence-corrected chi connectivity index (χ2v) is 10.7. The van der Waals surface area contributed by atoms with Gasteiger partial charge in [0.15, 0.2) is 0 Å². The van der Waals surface area contributed by atoms with Gasteiger partial charge in [-0.1, -0.05) is 52.0 Å². The Kier molecular flexibility index (Phi) is 10.1. The molecule has 8 heteroatoms. The van der Waals surface area contributed by atoms with Gasteiger partial charge in [0.2, 0.25) is 0 Å². The number of aromatic nitrogens is 2. The molecule has 0 bridgehead atoms. The van der Waals surface area contributed by atoms with Crippen LogP contribution in [0, 0.1) is 5.92 Å². The fraction of sp³-hybridized carbons (Fsp3) is 0.353. The Morgan fingerprint density at radius 2 is 1.64 bits per heavy atom. The molecule has 1 aromatic heterocycles.